The van der Waals surface area contributed by atoms with Crippen molar-refractivity contribution in [2.24, 2.45) is 4.99 Å². The van der Waals surface area contributed by atoms with E-state index in [2.05, 4.69) is 4.99 Å². The Labute approximate surface area is 65.6 Å². The van der Waals surface area contributed by atoms with E-state index in [1.807, 2.05) is 24.3 Å². The molecule has 1 heterocycles. The zero-order valence-corrected chi connectivity index (χ0v) is 6.32. The summed E-state index contributed by atoms with van der Waals surface area (Å²) in [6.07, 6.45) is 9.87. The van der Waals surface area contributed by atoms with Crippen LogP contribution in [-0.4, -0.2) is 19.4 Å². The Balaban J connectivity index is 2.34. The molecule has 0 amide bonds. The number of hydrogen-bond acceptors (Lipinski definition) is 2. The van der Waals surface area contributed by atoms with Crippen LogP contribution in [0.1, 0.15) is 0 Å². The fourth-order valence-corrected chi connectivity index (χ4v) is 1.29. The molecule has 0 aromatic carbocycles. The first-order chi connectivity index (χ1) is 5.42. The van der Waals surface area contributed by atoms with Gasteiger partial charge in [-0.25, -0.2) is 0 Å². The number of fused-ring (bicyclic) bond motifs is 1. The Bertz CT molecular complexity index is 284. The SMILES string of the molecule is CO[C@@H]1C=CC=C2N=CC=C21. The van der Waals surface area contributed by atoms with E-state index in [-0.39, 0.29) is 6.10 Å². The van der Waals surface area contributed by atoms with Gasteiger partial charge in [0.1, 0.15) is 6.10 Å². The number of rotatable bonds is 1. The first kappa shape index (κ1) is 6.55. The molecule has 2 aliphatic rings. The summed E-state index contributed by atoms with van der Waals surface area (Å²) in [7, 11) is 1.71. The van der Waals surface area contributed by atoms with Crippen LogP contribution in [0.25, 0.3) is 0 Å². The maximum Gasteiger partial charge on any atom is 0.103 e. The molecule has 0 N–H and O–H groups in total. The van der Waals surface area contributed by atoms with E-state index in [1.54, 1.807) is 13.3 Å². The van der Waals surface area contributed by atoms with Crippen LogP contribution in [0.15, 0.2) is 40.6 Å². The van der Waals surface area contributed by atoms with Gasteiger partial charge in [0.05, 0.1) is 5.70 Å². The van der Waals surface area contributed by atoms with Gasteiger partial charge >= 0.3 is 0 Å². The summed E-state index contributed by atoms with van der Waals surface area (Å²) in [4.78, 5) is 4.17. The molecule has 1 atom stereocenters. The summed E-state index contributed by atoms with van der Waals surface area (Å²) < 4.78 is 5.23. The smallest absolute Gasteiger partial charge is 0.103 e. The van der Waals surface area contributed by atoms with Crippen molar-refractivity contribution < 1.29 is 4.74 Å². The zero-order valence-electron chi connectivity index (χ0n) is 6.32. The Morgan fingerprint density at radius 2 is 2.36 bits per heavy atom. The molecule has 0 fully saturated rings. The minimum absolute atomic E-state index is 0.0949. The third-order valence-electron chi connectivity index (χ3n) is 1.86. The summed E-state index contributed by atoms with van der Waals surface area (Å²) in [5.74, 6) is 0. The van der Waals surface area contributed by atoms with Crippen LogP contribution in [0.4, 0.5) is 0 Å². The Morgan fingerprint density at radius 1 is 1.45 bits per heavy atom. The van der Waals surface area contributed by atoms with Gasteiger partial charge < -0.3 is 4.74 Å². The highest BCUT2D eigenvalue weighted by Gasteiger charge is 2.18. The molecular formula is C9H9NO. The van der Waals surface area contributed by atoms with E-state index in [9.17, 15) is 0 Å². The lowest BCUT2D eigenvalue weighted by atomic mass is 10.0. The number of methoxy groups -OCH3 is 1. The second-order valence-electron chi connectivity index (χ2n) is 2.49. The van der Waals surface area contributed by atoms with E-state index >= 15 is 0 Å². The number of nitrogens with zero attached hydrogens (tertiary/aromatic N) is 1. The summed E-state index contributed by atoms with van der Waals surface area (Å²) in [6, 6.07) is 0. The third kappa shape index (κ3) is 0.955. The molecule has 2 heteroatoms. The van der Waals surface area contributed by atoms with Crippen LogP contribution >= 0.6 is 0 Å². The van der Waals surface area contributed by atoms with Gasteiger partial charge in [-0.1, -0.05) is 12.2 Å². The van der Waals surface area contributed by atoms with Gasteiger partial charge in [0.15, 0.2) is 0 Å². The Kier molecular flexibility index (Phi) is 1.47. The van der Waals surface area contributed by atoms with Crippen molar-refractivity contribution in [1.29, 1.82) is 0 Å². The predicted octanol–water partition coefficient (Wildman–Crippen LogP) is 1.47. The highest BCUT2D eigenvalue weighted by molar-refractivity contribution is 5.80. The molecule has 2 rings (SSSR count). The Hall–Kier alpha value is -1.15. The quantitative estimate of drug-likeness (QED) is 0.550. The molecule has 1 aliphatic carbocycles. The summed E-state index contributed by atoms with van der Waals surface area (Å²) in [5, 5.41) is 0. The van der Waals surface area contributed by atoms with E-state index in [0.29, 0.717) is 0 Å². The van der Waals surface area contributed by atoms with Crippen LogP contribution in [0, 0.1) is 0 Å². The van der Waals surface area contributed by atoms with E-state index in [4.69, 9.17) is 4.74 Å². The van der Waals surface area contributed by atoms with Crippen molar-refractivity contribution >= 4 is 6.21 Å². The Morgan fingerprint density at radius 3 is 3.18 bits per heavy atom. The second-order valence-corrected chi connectivity index (χ2v) is 2.49. The van der Waals surface area contributed by atoms with Crippen molar-refractivity contribution in [3.63, 3.8) is 0 Å². The van der Waals surface area contributed by atoms with E-state index < -0.39 is 0 Å². The molecule has 0 saturated heterocycles. The highest BCUT2D eigenvalue weighted by atomic mass is 16.5. The number of hydrogen-bond donors (Lipinski definition) is 0. The first-order valence-corrected chi connectivity index (χ1v) is 3.58. The first-order valence-electron chi connectivity index (χ1n) is 3.58. The lowest BCUT2D eigenvalue weighted by Crippen LogP contribution is -2.12. The van der Waals surface area contributed by atoms with Gasteiger partial charge in [-0.2, -0.15) is 0 Å². The van der Waals surface area contributed by atoms with Crippen LogP contribution in [0.5, 0.6) is 0 Å². The minimum Gasteiger partial charge on any atom is -0.373 e. The van der Waals surface area contributed by atoms with Crippen molar-refractivity contribution in [1.82, 2.24) is 0 Å². The maximum atomic E-state index is 5.23. The van der Waals surface area contributed by atoms with Crippen LogP contribution in [-0.2, 0) is 4.74 Å². The average Bonchev–Trinajstić information content (AvgIpc) is 2.50. The van der Waals surface area contributed by atoms with Crippen LogP contribution < -0.4 is 0 Å². The molecular weight excluding hydrogens is 138 g/mol. The molecule has 0 saturated carbocycles. The molecule has 11 heavy (non-hydrogen) atoms. The summed E-state index contributed by atoms with van der Waals surface area (Å²) >= 11 is 0. The number of ether oxygens (including phenoxy) is 1. The molecule has 56 valence electrons. The molecule has 2 nitrogen and oxygen atoms in total. The largest absolute Gasteiger partial charge is 0.373 e. The fraction of sp³-hybridized carbons (Fsp3) is 0.222. The molecule has 0 aromatic heterocycles. The van der Waals surface area contributed by atoms with Crippen molar-refractivity contribution in [2.45, 2.75) is 6.10 Å². The van der Waals surface area contributed by atoms with Gasteiger partial charge in [0.2, 0.25) is 0 Å². The van der Waals surface area contributed by atoms with Gasteiger partial charge in [-0.3, -0.25) is 4.99 Å². The summed E-state index contributed by atoms with van der Waals surface area (Å²) in [5.41, 5.74) is 2.19. The molecule has 0 aromatic rings. The minimum atomic E-state index is 0.0949. The molecule has 1 aliphatic heterocycles. The molecule has 0 bridgehead atoms. The third-order valence-corrected chi connectivity index (χ3v) is 1.86. The van der Waals surface area contributed by atoms with Crippen LogP contribution in [0.3, 0.4) is 0 Å². The monoisotopic (exact) mass is 147 g/mol. The van der Waals surface area contributed by atoms with Crippen LogP contribution in [0.2, 0.25) is 0 Å². The normalized spacial score (nSPS) is 26.5. The average molecular weight is 147 g/mol. The zero-order chi connectivity index (χ0) is 7.68. The number of allylic oxidation sites excluding steroid dienone is 3. The van der Waals surface area contributed by atoms with Gasteiger partial charge in [0, 0.05) is 18.9 Å². The maximum absolute atomic E-state index is 5.23. The topological polar surface area (TPSA) is 21.6 Å². The van der Waals surface area contributed by atoms with E-state index in [1.165, 1.54) is 0 Å². The lowest BCUT2D eigenvalue weighted by Gasteiger charge is -2.15. The number of aliphatic imine (C=N–C) groups is 1. The predicted molar refractivity (Wildman–Crippen MR) is 44.6 cm³/mol. The van der Waals surface area contributed by atoms with Gasteiger partial charge in [0.25, 0.3) is 0 Å². The van der Waals surface area contributed by atoms with Crippen molar-refractivity contribution in [3.8, 4) is 0 Å². The van der Waals surface area contributed by atoms with Gasteiger partial charge in [-0.05, 0) is 12.2 Å². The standard InChI is InChI=1S/C9H9NO/c1-11-9-4-2-3-8-7(9)5-6-10-8/h2-6,9H,1H3/t9-/m1/s1. The second kappa shape index (κ2) is 2.47. The van der Waals surface area contributed by atoms with Gasteiger partial charge in [-0.15, -0.1) is 0 Å². The fourth-order valence-electron chi connectivity index (χ4n) is 1.29. The molecule has 0 radical (unpaired) electrons. The molecule has 0 spiro atoms. The lowest BCUT2D eigenvalue weighted by molar-refractivity contribution is 0.169. The highest BCUT2D eigenvalue weighted by Crippen LogP contribution is 2.25. The van der Waals surface area contributed by atoms with Crippen molar-refractivity contribution in [2.75, 3.05) is 7.11 Å². The summed E-state index contributed by atoms with van der Waals surface area (Å²) in [6.45, 7) is 0. The molecule has 0 unspecified atom stereocenters. The van der Waals surface area contributed by atoms with E-state index in [0.717, 1.165) is 11.3 Å². The van der Waals surface area contributed by atoms with Crippen molar-refractivity contribution in [3.05, 3.63) is 35.6 Å².